The average Bonchev–Trinajstić information content (AvgIpc) is 2.98. The van der Waals surface area contributed by atoms with Gasteiger partial charge in [-0.05, 0) is 30.7 Å². The lowest BCUT2D eigenvalue weighted by molar-refractivity contribution is -0.384. The van der Waals surface area contributed by atoms with Crippen LogP contribution in [0.5, 0.6) is 0 Å². The van der Waals surface area contributed by atoms with Crippen molar-refractivity contribution in [1.82, 2.24) is 4.31 Å². The van der Waals surface area contributed by atoms with Crippen molar-refractivity contribution in [3.8, 4) is 0 Å². The van der Waals surface area contributed by atoms with Gasteiger partial charge in [-0.1, -0.05) is 6.42 Å². The molecule has 1 saturated heterocycles. The Morgan fingerprint density at radius 1 is 1.24 bits per heavy atom. The summed E-state index contributed by atoms with van der Waals surface area (Å²) >= 11 is 0. The Kier molecular flexibility index (Phi) is 3.37. The molecule has 3 rings (SSSR count). The Morgan fingerprint density at radius 3 is 2.38 bits per heavy atom. The van der Waals surface area contributed by atoms with Crippen LogP contribution in [0, 0.1) is 22.0 Å². The van der Waals surface area contributed by atoms with E-state index in [1.807, 2.05) is 0 Å². The Bertz CT molecular complexity index is 677. The normalized spacial score (nSPS) is 25.9. The summed E-state index contributed by atoms with van der Waals surface area (Å²) in [6.07, 6.45) is 3.32. The fourth-order valence-corrected chi connectivity index (χ4v) is 5.06. The van der Waals surface area contributed by atoms with Gasteiger partial charge in [-0.2, -0.15) is 4.31 Å². The molecule has 1 aliphatic heterocycles. The number of benzene rings is 1. The first-order valence-electron chi connectivity index (χ1n) is 6.93. The highest BCUT2D eigenvalue weighted by Crippen LogP contribution is 2.40. The van der Waals surface area contributed by atoms with Crippen LogP contribution >= 0.6 is 0 Å². The Labute approximate surface area is 122 Å². The number of nitro groups is 1. The van der Waals surface area contributed by atoms with Crippen LogP contribution in [0.4, 0.5) is 11.4 Å². The monoisotopic (exact) mass is 311 g/mol. The first-order chi connectivity index (χ1) is 9.89. The lowest BCUT2D eigenvalue weighted by atomic mass is 10.0. The van der Waals surface area contributed by atoms with Crippen LogP contribution in [0.2, 0.25) is 0 Å². The topological polar surface area (TPSA) is 107 Å². The quantitative estimate of drug-likeness (QED) is 0.518. The third-order valence-electron chi connectivity index (χ3n) is 4.51. The molecule has 1 aliphatic carbocycles. The number of anilines is 1. The summed E-state index contributed by atoms with van der Waals surface area (Å²) in [6, 6.07) is 3.51. The van der Waals surface area contributed by atoms with Crippen LogP contribution in [-0.2, 0) is 10.0 Å². The summed E-state index contributed by atoms with van der Waals surface area (Å²) in [5.74, 6) is 0.887. The Morgan fingerprint density at radius 2 is 1.86 bits per heavy atom. The van der Waals surface area contributed by atoms with Gasteiger partial charge in [0.2, 0.25) is 10.0 Å². The number of nitrogens with zero attached hydrogens (tertiary/aromatic N) is 2. The number of fused-ring (bicyclic) bond motifs is 1. The molecule has 21 heavy (non-hydrogen) atoms. The van der Waals surface area contributed by atoms with E-state index in [4.69, 9.17) is 5.73 Å². The Balaban J connectivity index is 1.90. The van der Waals surface area contributed by atoms with E-state index in [-0.39, 0.29) is 16.3 Å². The first kappa shape index (κ1) is 14.3. The second kappa shape index (κ2) is 4.96. The predicted octanol–water partition coefficient (Wildman–Crippen LogP) is 1.60. The van der Waals surface area contributed by atoms with Crippen LogP contribution in [0.3, 0.4) is 0 Å². The molecule has 0 spiro atoms. The largest absolute Gasteiger partial charge is 0.397 e. The number of nitro benzene ring substituents is 1. The standard InChI is InChI=1S/C13H17N3O4S/c14-12-6-11(16(17)18)4-5-13(12)21(19,20)15-7-9-2-1-3-10(9)8-15/h4-6,9-10H,1-3,7-8,14H2. The molecule has 2 fully saturated rings. The van der Waals surface area contributed by atoms with E-state index >= 15 is 0 Å². The number of hydrogen-bond acceptors (Lipinski definition) is 5. The maximum absolute atomic E-state index is 12.6. The molecule has 114 valence electrons. The number of nitrogens with two attached hydrogens (primary N) is 1. The fraction of sp³-hybridized carbons (Fsp3) is 0.538. The van der Waals surface area contributed by atoms with E-state index in [0.717, 1.165) is 18.9 Å². The molecular weight excluding hydrogens is 294 g/mol. The highest BCUT2D eigenvalue weighted by atomic mass is 32.2. The van der Waals surface area contributed by atoms with Crippen LogP contribution in [0.1, 0.15) is 19.3 Å². The van der Waals surface area contributed by atoms with Crippen molar-refractivity contribution < 1.29 is 13.3 Å². The molecule has 7 nitrogen and oxygen atoms in total. The lowest BCUT2D eigenvalue weighted by Gasteiger charge is -2.18. The second-order valence-corrected chi connectivity index (χ2v) is 7.66. The minimum absolute atomic E-state index is 0.0342. The molecule has 2 aliphatic rings. The van der Waals surface area contributed by atoms with Gasteiger partial charge in [-0.3, -0.25) is 10.1 Å². The third kappa shape index (κ3) is 2.38. The minimum atomic E-state index is -3.67. The van der Waals surface area contributed by atoms with E-state index < -0.39 is 14.9 Å². The second-order valence-electron chi connectivity index (χ2n) is 5.75. The smallest absolute Gasteiger partial charge is 0.271 e. The molecule has 1 heterocycles. The molecule has 0 radical (unpaired) electrons. The van der Waals surface area contributed by atoms with Gasteiger partial charge >= 0.3 is 0 Å². The van der Waals surface area contributed by atoms with Gasteiger partial charge in [0.05, 0.1) is 10.6 Å². The molecule has 0 aromatic heterocycles. The number of nitrogen functional groups attached to an aromatic ring is 1. The van der Waals surface area contributed by atoms with Crippen molar-refractivity contribution in [1.29, 1.82) is 0 Å². The lowest BCUT2D eigenvalue weighted by Crippen LogP contribution is -2.30. The van der Waals surface area contributed by atoms with Gasteiger partial charge in [0.25, 0.3) is 5.69 Å². The van der Waals surface area contributed by atoms with E-state index in [1.165, 1.54) is 22.9 Å². The third-order valence-corrected chi connectivity index (χ3v) is 6.42. The van der Waals surface area contributed by atoms with Gasteiger partial charge in [0.1, 0.15) is 4.90 Å². The SMILES string of the molecule is Nc1cc([N+](=O)[O-])ccc1S(=O)(=O)N1CC2CCCC2C1. The molecule has 8 heteroatoms. The highest BCUT2D eigenvalue weighted by Gasteiger charge is 2.41. The van der Waals surface area contributed by atoms with Crippen molar-refractivity contribution in [2.75, 3.05) is 18.8 Å². The van der Waals surface area contributed by atoms with E-state index in [2.05, 4.69) is 0 Å². The van der Waals surface area contributed by atoms with Gasteiger partial charge in [0, 0.05) is 25.2 Å². The zero-order valence-corrected chi connectivity index (χ0v) is 12.3. The zero-order valence-electron chi connectivity index (χ0n) is 11.4. The van der Waals surface area contributed by atoms with Gasteiger partial charge in [-0.25, -0.2) is 8.42 Å². The van der Waals surface area contributed by atoms with Crippen molar-refractivity contribution in [2.45, 2.75) is 24.2 Å². The highest BCUT2D eigenvalue weighted by molar-refractivity contribution is 7.89. The van der Waals surface area contributed by atoms with Crippen molar-refractivity contribution in [2.24, 2.45) is 11.8 Å². The molecule has 1 aromatic rings. The Hall–Kier alpha value is -1.67. The summed E-state index contributed by atoms with van der Waals surface area (Å²) in [6.45, 7) is 1.06. The fourth-order valence-electron chi connectivity index (χ4n) is 3.41. The van der Waals surface area contributed by atoms with Gasteiger partial charge in [0.15, 0.2) is 0 Å². The molecule has 1 aromatic carbocycles. The maximum Gasteiger partial charge on any atom is 0.271 e. The summed E-state index contributed by atoms with van der Waals surface area (Å²) in [5, 5.41) is 10.7. The van der Waals surface area contributed by atoms with Crippen molar-refractivity contribution in [3.63, 3.8) is 0 Å². The summed E-state index contributed by atoms with van der Waals surface area (Å²) in [7, 11) is -3.67. The minimum Gasteiger partial charge on any atom is -0.397 e. The number of rotatable bonds is 3. The van der Waals surface area contributed by atoms with Crippen LogP contribution in [0.25, 0.3) is 0 Å². The van der Waals surface area contributed by atoms with Crippen LogP contribution in [-0.4, -0.2) is 30.7 Å². The molecule has 0 amide bonds. The molecule has 1 saturated carbocycles. The maximum atomic E-state index is 12.6. The molecular formula is C13H17N3O4S. The van der Waals surface area contributed by atoms with Gasteiger partial charge < -0.3 is 5.73 Å². The summed E-state index contributed by atoms with van der Waals surface area (Å²) in [4.78, 5) is 10.1. The van der Waals surface area contributed by atoms with Crippen LogP contribution < -0.4 is 5.73 Å². The average molecular weight is 311 g/mol. The van der Waals surface area contributed by atoms with Crippen molar-refractivity contribution >= 4 is 21.4 Å². The molecule has 2 atom stereocenters. The molecule has 2 N–H and O–H groups in total. The number of sulfonamides is 1. The molecule has 2 unspecified atom stereocenters. The zero-order chi connectivity index (χ0) is 15.2. The van der Waals surface area contributed by atoms with E-state index in [0.29, 0.717) is 24.9 Å². The van der Waals surface area contributed by atoms with Crippen LogP contribution in [0.15, 0.2) is 23.1 Å². The summed E-state index contributed by atoms with van der Waals surface area (Å²) < 4.78 is 26.8. The first-order valence-corrected chi connectivity index (χ1v) is 8.37. The number of non-ortho nitro benzene ring substituents is 1. The van der Waals surface area contributed by atoms with Crippen molar-refractivity contribution in [3.05, 3.63) is 28.3 Å². The molecule has 0 bridgehead atoms. The van der Waals surface area contributed by atoms with E-state index in [1.54, 1.807) is 0 Å². The van der Waals surface area contributed by atoms with Gasteiger partial charge in [-0.15, -0.1) is 0 Å². The number of hydrogen-bond donors (Lipinski definition) is 1. The summed E-state index contributed by atoms with van der Waals surface area (Å²) in [5.41, 5.74) is 5.45. The van der Waals surface area contributed by atoms with E-state index in [9.17, 15) is 18.5 Å². The predicted molar refractivity (Wildman–Crippen MR) is 77.1 cm³/mol.